The Labute approximate surface area is 125 Å². The van der Waals surface area contributed by atoms with Crippen molar-refractivity contribution in [2.45, 2.75) is 27.2 Å². The third kappa shape index (κ3) is 4.08. The maximum absolute atomic E-state index is 5.22. The summed E-state index contributed by atoms with van der Waals surface area (Å²) in [6.45, 7) is 6.96. The summed E-state index contributed by atoms with van der Waals surface area (Å²) in [5, 5.41) is 6.62. The normalized spacial score (nSPS) is 10.3. The number of benzene rings is 1. The average Bonchev–Trinajstić information content (AvgIpc) is 2.46. The van der Waals surface area contributed by atoms with Crippen LogP contribution in [0, 0.1) is 13.8 Å². The molecule has 0 fully saturated rings. The summed E-state index contributed by atoms with van der Waals surface area (Å²) in [5.74, 6) is 3.22. The van der Waals surface area contributed by atoms with Crippen LogP contribution < -0.4 is 15.4 Å². The molecule has 0 spiro atoms. The summed E-state index contributed by atoms with van der Waals surface area (Å²) in [6, 6.07) is 7.84. The van der Waals surface area contributed by atoms with E-state index in [4.69, 9.17) is 4.74 Å². The molecule has 2 aromatic rings. The summed E-state index contributed by atoms with van der Waals surface area (Å²) < 4.78 is 5.22. The molecule has 0 aliphatic heterocycles. The number of nitrogens with one attached hydrogen (secondary N) is 2. The molecule has 5 nitrogen and oxygen atoms in total. The van der Waals surface area contributed by atoms with Crippen molar-refractivity contribution in [1.29, 1.82) is 0 Å². The third-order valence-corrected chi connectivity index (χ3v) is 3.09. The third-order valence-electron chi connectivity index (χ3n) is 3.09. The van der Waals surface area contributed by atoms with Gasteiger partial charge >= 0.3 is 0 Å². The maximum atomic E-state index is 5.22. The van der Waals surface area contributed by atoms with Crippen molar-refractivity contribution in [2.75, 3.05) is 24.3 Å². The Balaban J connectivity index is 2.20. The molecule has 0 atom stereocenters. The first-order chi connectivity index (χ1) is 10.1. The molecular weight excluding hydrogens is 264 g/mol. The highest BCUT2D eigenvalue weighted by Crippen LogP contribution is 2.24. The molecule has 1 aromatic carbocycles. The van der Waals surface area contributed by atoms with Gasteiger partial charge in [-0.1, -0.05) is 6.92 Å². The lowest BCUT2D eigenvalue weighted by molar-refractivity contribution is 0.414. The highest BCUT2D eigenvalue weighted by atomic mass is 16.5. The van der Waals surface area contributed by atoms with Crippen LogP contribution in [0.4, 0.5) is 17.3 Å². The van der Waals surface area contributed by atoms with E-state index >= 15 is 0 Å². The van der Waals surface area contributed by atoms with Crippen LogP contribution in [-0.4, -0.2) is 23.6 Å². The molecule has 0 saturated heterocycles. The van der Waals surface area contributed by atoms with E-state index in [0.29, 0.717) is 0 Å². The highest BCUT2D eigenvalue weighted by molar-refractivity contribution is 5.63. The molecule has 2 rings (SSSR count). The second kappa shape index (κ2) is 6.92. The molecule has 0 bridgehead atoms. The van der Waals surface area contributed by atoms with Gasteiger partial charge in [-0.25, -0.2) is 9.97 Å². The van der Waals surface area contributed by atoms with E-state index in [1.165, 1.54) is 0 Å². The zero-order valence-corrected chi connectivity index (χ0v) is 13.0. The van der Waals surface area contributed by atoms with Gasteiger partial charge in [-0.15, -0.1) is 0 Å². The number of hydrogen-bond acceptors (Lipinski definition) is 5. The van der Waals surface area contributed by atoms with Gasteiger partial charge in [0.25, 0.3) is 0 Å². The van der Waals surface area contributed by atoms with Crippen LogP contribution >= 0.6 is 0 Å². The molecule has 1 heterocycles. The summed E-state index contributed by atoms with van der Waals surface area (Å²) in [4.78, 5) is 8.81. The fourth-order valence-corrected chi connectivity index (χ4v) is 2.02. The Morgan fingerprint density at radius 3 is 2.52 bits per heavy atom. The Morgan fingerprint density at radius 2 is 1.86 bits per heavy atom. The van der Waals surface area contributed by atoms with Crippen molar-refractivity contribution in [3.05, 3.63) is 35.7 Å². The number of methoxy groups -OCH3 is 1. The van der Waals surface area contributed by atoms with E-state index in [-0.39, 0.29) is 0 Å². The topological polar surface area (TPSA) is 59.1 Å². The molecule has 0 saturated carbocycles. The van der Waals surface area contributed by atoms with E-state index in [2.05, 4.69) is 27.5 Å². The molecule has 5 heteroatoms. The van der Waals surface area contributed by atoms with E-state index in [9.17, 15) is 0 Å². The van der Waals surface area contributed by atoms with Crippen LogP contribution in [-0.2, 0) is 0 Å². The van der Waals surface area contributed by atoms with Gasteiger partial charge in [-0.2, -0.15) is 0 Å². The van der Waals surface area contributed by atoms with Crippen LogP contribution in [0.5, 0.6) is 5.75 Å². The summed E-state index contributed by atoms with van der Waals surface area (Å²) >= 11 is 0. The van der Waals surface area contributed by atoms with Gasteiger partial charge in [0, 0.05) is 18.3 Å². The van der Waals surface area contributed by atoms with Crippen LogP contribution in [0.15, 0.2) is 24.3 Å². The fraction of sp³-hybridized carbons (Fsp3) is 0.375. The lowest BCUT2D eigenvalue weighted by Gasteiger charge is -2.12. The summed E-state index contributed by atoms with van der Waals surface area (Å²) in [5.41, 5.74) is 2.11. The van der Waals surface area contributed by atoms with Gasteiger partial charge in [-0.3, -0.25) is 0 Å². The molecule has 112 valence electrons. The van der Waals surface area contributed by atoms with Gasteiger partial charge in [0.05, 0.1) is 7.11 Å². The van der Waals surface area contributed by atoms with Crippen LogP contribution in [0.1, 0.15) is 24.7 Å². The first-order valence-corrected chi connectivity index (χ1v) is 7.13. The van der Waals surface area contributed by atoms with Crippen molar-refractivity contribution in [3.8, 4) is 5.75 Å². The average molecular weight is 286 g/mol. The predicted molar refractivity (Wildman–Crippen MR) is 86.6 cm³/mol. The summed E-state index contributed by atoms with van der Waals surface area (Å²) in [7, 11) is 1.67. The smallest absolute Gasteiger partial charge is 0.136 e. The molecule has 21 heavy (non-hydrogen) atoms. The Bertz CT molecular complexity index is 613. The van der Waals surface area contributed by atoms with Crippen molar-refractivity contribution >= 4 is 17.3 Å². The monoisotopic (exact) mass is 286 g/mol. The number of anilines is 3. The van der Waals surface area contributed by atoms with Crippen molar-refractivity contribution in [2.24, 2.45) is 0 Å². The van der Waals surface area contributed by atoms with Crippen molar-refractivity contribution in [1.82, 2.24) is 9.97 Å². The van der Waals surface area contributed by atoms with E-state index in [1.54, 1.807) is 7.11 Å². The largest absolute Gasteiger partial charge is 0.497 e. The molecule has 0 amide bonds. The zero-order valence-electron chi connectivity index (χ0n) is 13.0. The number of hydrogen-bond donors (Lipinski definition) is 2. The second-order valence-corrected chi connectivity index (χ2v) is 4.92. The van der Waals surface area contributed by atoms with E-state index in [0.717, 1.165) is 47.4 Å². The first-order valence-electron chi connectivity index (χ1n) is 7.13. The number of aryl methyl sites for hydroxylation is 2. The molecule has 0 unspecified atom stereocenters. The quantitative estimate of drug-likeness (QED) is 0.848. The van der Waals surface area contributed by atoms with Gasteiger partial charge < -0.3 is 15.4 Å². The molecule has 2 N–H and O–H groups in total. The first kappa shape index (κ1) is 15.1. The zero-order chi connectivity index (χ0) is 15.2. The number of nitrogens with zero attached hydrogens (tertiary/aromatic N) is 2. The van der Waals surface area contributed by atoms with Gasteiger partial charge in [-0.05, 0) is 44.0 Å². The number of ether oxygens (including phenoxy) is 1. The fourth-order valence-electron chi connectivity index (χ4n) is 2.02. The summed E-state index contributed by atoms with van der Waals surface area (Å²) in [6.07, 6.45) is 1.06. The highest BCUT2D eigenvalue weighted by Gasteiger charge is 2.05. The Kier molecular flexibility index (Phi) is 4.98. The Hall–Kier alpha value is -2.30. The molecule has 0 aliphatic carbocycles. The van der Waals surface area contributed by atoms with Gasteiger partial charge in [0.1, 0.15) is 23.2 Å². The predicted octanol–water partition coefficient (Wildman–Crippen LogP) is 3.67. The minimum Gasteiger partial charge on any atom is -0.497 e. The minimum atomic E-state index is 0.741. The maximum Gasteiger partial charge on any atom is 0.136 e. The van der Waals surface area contributed by atoms with Crippen LogP contribution in [0.2, 0.25) is 0 Å². The standard InChI is InChI=1S/C16H22N4O/c1-5-8-17-15-10-16(19-12(3)18-15)20-14-7-6-13(21-4)9-11(14)2/h6-7,9-10H,5,8H2,1-4H3,(H2,17,18,19,20). The lowest BCUT2D eigenvalue weighted by Crippen LogP contribution is -2.06. The number of rotatable bonds is 6. The van der Waals surface area contributed by atoms with Crippen molar-refractivity contribution < 1.29 is 4.74 Å². The Morgan fingerprint density at radius 1 is 1.10 bits per heavy atom. The van der Waals surface area contributed by atoms with E-state index in [1.807, 2.05) is 38.1 Å². The lowest BCUT2D eigenvalue weighted by atomic mass is 10.2. The minimum absolute atomic E-state index is 0.741. The van der Waals surface area contributed by atoms with Gasteiger partial charge in [0.15, 0.2) is 0 Å². The molecular formula is C16H22N4O. The molecule has 0 aliphatic rings. The van der Waals surface area contributed by atoms with Crippen LogP contribution in [0.25, 0.3) is 0 Å². The van der Waals surface area contributed by atoms with Gasteiger partial charge in [0.2, 0.25) is 0 Å². The van der Waals surface area contributed by atoms with E-state index < -0.39 is 0 Å². The molecule has 1 aromatic heterocycles. The molecule has 0 radical (unpaired) electrons. The SMILES string of the molecule is CCCNc1cc(Nc2ccc(OC)cc2C)nc(C)n1. The van der Waals surface area contributed by atoms with Crippen molar-refractivity contribution in [3.63, 3.8) is 0 Å². The number of aromatic nitrogens is 2. The second-order valence-electron chi connectivity index (χ2n) is 4.92. The van der Waals surface area contributed by atoms with Crippen LogP contribution in [0.3, 0.4) is 0 Å².